The Balaban J connectivity index is 1.70. The molecule has 7 nitrogen and oxygen atoms in total. The van der Waals surface area contributed by atoms with Gasteiger partial charge in [0.25, 0.3) is 15.9 Å². The Bertz CT molecular complexity index is 1100. The van der Waals surface area contributed by atoms with E-state index in [1.165, 1.54) is 6.07 Å². The number of carbonyl (C=O) groups is 2. The second kappa shape index (κ2) is 8.10. The molecule has 0 bridgehead atoms. The lowest BCUT2D eigenvalue weighted by molar-refractivity contribution is 0.0694. The second-order valence-electron chi connectivity index (χ2n) is 7.77. The quantitative estimate of drug-likeness (QED) is 0.760. The lowest BCUT2D eigenvalue weighted by Crippen LogP contribution is -2.36. The number of piperidine rings is 1. The summed E-state index contributed by atoms with van der Waals surface area (Å²) in [6, 6.07) is 9.32. The molecule has 0 radical (unpaired) electrons. The Morgan fingerprint density at radius 3 is 2.43 bits per heavy atom. The number of carbonyl (C=O) groups excluding carboxylic acids is 1. The molecule has 2 aromatic carbocycles. The first-order valence-electron chi connectivity index (χ1n) is 10.2. The average Bonchev–Trinajstić information content (AvgIpc) is 3.22. The normalized spacial score (nSPS) is 16.2. The van der Waals surface area contributed by atoms with Crippen molar-refractivity contribution in [1.82, 2.24) is 4.90 Å². The SMILES string of the molecule is O=C(O)c1cc2c(c(S(=O)(=O)Nc3ccccc3C(=O)N3CCCCC3)c1)CCC2. The molecule has 0 atom stereocenters. The van der Waals surface area contributed by atoms with Crippen LogP contribution in [0.5, 0.6) is 0 Å². The summed E-state index contributed by atoms with van der Waals surface area (Å²) < 4.78 is 29.1. The number of carboxylic acids is 1. The molecule has 0 unspecified atom stereocenters. The molecule has 2 aliphatic rings. The lowest BCUT2D eigenvalue weighted by atomic mass is 10.1. The Hall–Kier alpha value is -2.87. The maximum atomic E-state index is 13.3. The third kappa shape index (κ3) is 3.92. The molecule has 8 heteroatoms. The predicted molar refractivity (Wildman–Crippen MR) is 112 cm³/mol. The molecule has 1 aliphatic heterocycles. The van der Waals surface area contributed by atoms with Gasteiger partial charge in [-0.3, -0.25) is 9.52 Å². The topological polar surface area (TPSA) is 104 Å². The van der Waals surface area contributed by atoms with Gasteiger partial charge >= 0.3 is 5.97 Å². The van der Waals surface area contributed by atoms with Crippen molar-refractivity contribution in [2.24, 2.45) is 0 Å². The number of sulfonamides is 1. The molecule has 1 amide bonds. The summed E-state index contributed by atoms with van der Waals surface area (Å²) in [7, 11) is -4.07. The third-order valence-electron chi connectivity index (χ3n) is 5.76. The number of aromatic carboxylic acids is 1. The van der Waals surface area contributed by atoms with Gasteiger partial charge in [-0.15, -0.1) is 0 Å². The smallest absolute Gasteiger partial charge is 0.335 e. The fraction of sp³-hybridized carbons (Fsp3) is 0.364. The summed E-state index contributed by atoms with van der Waals surface area (Å²) in [5, 5.41) is 9.39. The number of rotatable bonds is 5. The summed E-state index contributed by atoms with van der Waals surface area (Å²) in [4.78, 5) is 26.2. The maximum Gasteiger partial charge on any atom is 0.335 e. The highest BCUT2D eigenvalue weighted by Crippen LogP contribution is 2.32. The molecule has 1 heterocycles. The van der Waals surface area contributed by atoms with Gasteiger partial charge in [0.15, 0.2) is 0 Å². The van der Waals surface area contributed by atoms with Gasteiger partial charge in [0, 0.05) is 13.1 Å². The number of nitrogens with one attached hydrogen (secondary N) is 1. The number of benzene rings is 2. The number of likely N-dealkylation sites (tertiary alicyclic amines) is 1. The number of carboxylic acid groups (broad SMARTS) is 1. The summed E-state index contributed by atoms with van der Waals surface area (Å²) >= 11 is 0. The first-order chi connectivity index (χ1) is 14.4. The average molecular weight is 429 g/mol. The van der Waals surface area contributed by atoms with Gasteiger partial charge < -0.3 is 10.0 Å². The molecule has 0 aromatic heterocycles. The number of nitrogens with zero attached hydrogens (tertiary/aromatic N) is 1. The van der Waals surface area contributed by atoms with Crippen LogP contribution in [0.25, 0.3) is 0 Å². The van der Waals surface area contributed by atoms with Crippen LogP contribution >= 0.6 is 0 Å². The molecule has 158 valence electrons. The zero-order valence-corrected chi connectivity index (χ0v) is 17.4. The minimum absolute atomic E-state index is 0.0184. The fourth-order valence-corrected chi connectivity index (χ4v) is 5.67. The minimum atomic E-state index is -4.07. The van der Waals surface area contributed by atoms with E-state index in [4.69, 9.17) is 0 Å². The molecular weight excluding hydrogens is 404 g/mol. The molecular formula is C22H24N2O5S. The molecule has 1 saturated heterocycles. The van der Waals surface area contributed by atoms with E-state index in [-0.39, 0.29) is 22.1 Å². The molecule has 30 heavy (non-hydrogen) atoms. The van der Waals surface area contributed by atoms with Crippen molar-refractivity contribution >= 4 is 27.6 Å². The van der Waals surface area contributed by atoms with Gasteiger partial charge in [-0.05, 0) is 73.9 Å². The minimum Gasteiger partial charge on any atom is -0.478 e. The molecule has 4 rings (SSSR count). The van der Waals surface area contributed by atoms with Crippen LogP contribution in [0, 0.1) is 0 Å². The Morgan fingerprint density at radius 2 is 1.70 bits per heavy atom. The zero-order chi connectivity index (χ0) is 21.3. The van der Waals surface area contributed by atoms with Crippen molar-refractivity contribution in [2.75, 3.05) is 17.8 Å². The van der Waals surface area contributed by atoms with E-state index in [9.17, 15) is 23.1 Å². The van der Waals surface area contributed by atoms with Crippen LogP contribution in [0.2, 0.25) is 0 Å². The number of anilines is 1. The predicted octanol–water partition coefficient (Wildman–Crippen LogP) is 3.30. The van der Waals surface area contributed by atoms with Gasteiger partial charge in [-0.25, -0.2) is 13.2 Å². The van der Waals surface area contributed by atoms with Gasteiger partial charge in [0.2, 0.25) is 0 Å². The van der Waals surface area contributed by atoms with E-state index in [0.717, 1.165) is 31.2 Å². The summed E-state index contributed by atoms with van der Waals surface area (Å²) in [6.45, 7) is 1.32. The van der Waals surface area contributed by atoms with Crippen LogP contribution in [0.15, 0.2) is 41.3 Å². The van der Waals surface area contributed by atoms with Crippen molar-refractivity contribution in [1.29, 1.82) is 0 Å². The molecule has 0 saturated carbocycles. The van der Waals surface area contributed by atoms with E-state index in [1.54, 1.807) is 35.2 Å². The summed E-state index contributed by atoms with van der Waals surface area (Å²) in [5.41, 5.74) is 1.88. The number of hydrogen-bond acceptors (Lipinski definition) is 4. The highest BCUT2D eigenvalue weighted by atomic mass is 32.2. The first kappa shape index (κ1) is 20.4. The monoisotopic (exact) mass is 428 g/mol. The molecule has 1 fully saturated rings. The van der Waals surface area contributed by atoms with E-state index in [0.29, 0.717) is 37.1 Å². The van der Waals surface area contributed by atoms with Gasteiger partial charge in [0.1, 0.15) is 0 Å². The van der Waals surface area contributed by atoms with Crippen molar-refractivity contribution in [3.8, 4) is 0 Å². The standard InChI is InChI=1S/C22H24N2O5S/c25-21(24-11-4-1-5-12-24)18-8-2-3-10-19(18)23-30(28,29)20-14-16(22(26)27)13-15-7-6-9-17(15)20/h2-3,8,10,13-14,23H,1,4-7,9,11-12H2,(H,26,27). The van der Waals surface area contributed by atoms with Crippen LogP contribution in [0.1, 0.15) is 57.5 Å². The third-order valence-corrected chi connectivity index (χ3v) is 7.19. The number of hydrogen-bond donors (Lipinski definition) is 2. The maximum absolute atomic E-state index is 13.3. The number of amides is 1. The molecule has 1 aliphatic carbocycles. The van der Waals surface area contributed by atoms with E-state index >= 15 is 0 Å². The summed E-state index contributed by atoms with van der Waals surface area (Å²) in [5.74, 6) is -1.36. The Morgan fingerprint density at radius 1 is 0.967 bits per heavy atom. The van der Waals surface area contributed by atoms with E-state index in [2.05, 4.69) is 4.72 Å². The Labute approximate surface area is 175 Å². The van der Waals surface area contributed by atoms with Crippen molar-refractivity contribution in [3.05, 3.63) is 58.7 Å². The van der Waals surface area contributed by atoms with Crippen molar-refractivity contribution in [2.45, 2.75) is 43.4 Å². The van der Waals surface area contributed by atoms with Crippen LogP contribution in [0.3, 0.4) is 0 Å². The van der Waals surface area contributed by atoms with Gasteiger partial charge in [-0.2, -0.15) is 0 Å². The second-order valence-corrected chi connectivity index (χ2v) is 9.43. The largest absolute Gasteiger partial charge is 0.478 e. The van der Waals surface area contributed by atoms with Crippen LogP contribution in [-0.2, 0) is 22.9 Å². The fourth-order valence-electron chi connectivity index (χ4n) is 4.25. The van der Waals surface area contributed by atoms with Gasteiger partial charge in [-0.1, -0.05) is 12.1 Å². The van der Waals surface area contributed by atoms with Crippen LogP contribution in [0.4, 0.5) is 5.69 Å². The summed E-state index contributed by atoms with van der Waals surface area (Å²) in [6.07, 6.45) is 4.98. The highest BCUT2D eigenvalue weighted by Gasteiger charge is 2.28. The Kier molecular flexibility index (Phi) is 5.51. The number of para-hydroxylation sites is 1. The van der Waals surface area contributed by atoms with E-state index in [1.807, 2.05) is 0 Å². The van der Waals surface area contributed by atoms with Crippen LogP contribution in [-0.4, -0.2) is 43.4 Å². The number of fused-ring (bicyclic) bond motifs is 1. The van der Waals surface area contributed by atoms with Crippen molar-refractivity contribution < 1.29 is 23.1 Å². The first-order valence-corrected chi connectivity index (χ1v) is 11.7. The van der Waals surface area contributed by atoms with Crippen molar-refractivity contribution in [3.63, 3.8) is 0 Å². The molecule has 0 spiro atoms. The molecule has 2 N–H and O–H groups in total. The van der Waals surface area contributed by atoms with Gasteiger partial charge in [0.05, 0.1) is 21.7 Å². The van der Waals surface area contributed by atoms with E-state index < -0.39 is 16.0 Å². The van der Waals surface area contributed by atoms with Crippen LogP contribution < -0.4 is 4.72 Å². The number of aryl methyl sites for hydroxylation is 1. The highest BCUT2D eigenvalue weighted by molar-refractivity contribution is 7.92. The lowest BCUT2D eigenvalue weighted by Gasteiger charge is -2.27. The molecule has 2 aromatic rings. The zero-order valence-electron chi connectivity index (χ0n) is 16.6.